The monoisotopic (exact) mass is 465 g/mol. The molecule has 0 spiro atoms. The Morgan fingerprint density at radius 3 is 2.52 bits per heavy atom. The van der Waals surface area contributed by atoms with Crippen LogP contribution in [0.5, 0.6) is 5.75 Å². The smallest absolute Gasteiger partial charge is 0.277 e. The van der Waals surface area contributed by atoms with E-state index in [4.69, 9.17) is 9.15 Å². The van der Waals surface area contributed by atoms with Crippen molar-refractivity contribution in [3.63, 3.8) is 0 Å². The number of thioether (sulfide) groups is 1. The Labute approximate surface area is 195 Å². The first-order valence-corrected chi connectivity index (χ1v) is 11.5. The maximum Gasteiger partial charge on any atom is 0.277 e. The first-order valence-electron chi connectivity index (χ1n) is 10.5. The maximum atomic E-state index is 13.1. The van der Waals surface area contributed by atoms with Gasteiger partial charge in [0.2, 0.25) is 5.89 Å². The van der Waals surface area contributed by atoms with Gasteiger partial charge < -0.3 is 13.7 Å². The molecule has 2 aromatic heterocycles. The van der Waals surface area contributed by atoms with Crippen LogP contribution in [0.15, 0.2) is 64.2 Å². The highest BCUT2D eigenvalue weighted by atomic mass is 32.2. The molecule has 170 valence electrons. The van der Waals surface area contributed by atoms with Crippen molar-refractivity contribution in [1.82, 2.24) is 14.8 Å². The Morgan fingerprint density at radius 2 is 1.82 bits per heavy atom. The summed E-state index contributed by atoms with van der Waals surface area (Å²) >= 11 is 1.19. The molecule has 4 rings (SSSR count). The Kier molecular flexibility index (Phi) is 6.93. The Hall–Kier alpha value is -3.39. The fourth-order valence-electron chi connectivity index (χ4n) is 3.64. The van der Waals surface area contributed by atoms with Gasteiger partial charge in [0.1, 0.15) is 11.6 Å². The van der Waals surface area contributed by atoms with Gasteiger partial charge in [0.05, 0.1) is 12.9 Å². The van der Waals surface area contributed by atoms with E-state index in [1.54, 1.807) is 19.2 Å². The highest BCUT2D eigenvalue weighted by Crippen LogP contribution is 2.25. The fraction of sp³-hybridized carbons (Fsp3) is 0.240. The molecule has 0 fully saturated rings. The quantitative estimate of drug-likeness (QED) is 0.239. The Balaban J connectivity index is 1.38. The molecule has 0 aliphatic rings. The lowest BCUT2D eigenvalue weighted by Crippen LogP contribution is -2.08. The van der Waals surface area contributed by atoms with Crippen LogP contribution < -0.4 is 4.74 Å². The SMILES string of the molecule is COc1ccc(CCn2c(C)cc(C(=O)CSc3nnc(-c4ccc(F)cc4)o3)c2C)cc1. The van der Waals surface area contributed by atoms with E-state index in [0.29, 0.717) is 22.2 Å². The van der Waals surface area contributed by atoms with E-state index in [1.165, 1.54) is 29.5 Å². The highest BCUT2D eigenvalue weighted by molar-refractivity contribution is 7.99. The number of carbonyl (C=O) groups is 1. The van der Waals surface area contributed by atoms with Crippen molar-refractivity contribution in [2.45, 2.75) is 32.0 Å². The molecular weight excluding hydrogens is 441 g/mol. The van der Waals surface area contributed by atoms with Crippen molar-refractivity contribution in [2.24, 2.45) is 0 Å². The van der Waals surface area contributed by atoms with Crippen molar-refractivity contribution in [1.29, 1.82) is 0 Å². The molecule has 2 aromatic carbocycles. The molecule has 6 nitrogen and oxygen atoms in total. The number of ketones is 1. The van der Waals surface area contributed by atoms with E-state index in [-0.39, 0.29) is 17.4 Å². The molecule has 0 aliphatic heterocycles. The summed E-state index contributed by atoms with van der Waals surface area (Å²) in [5, 5.41) is 8.27. The lowest BCUT2D eigenvalue weighted by atomic mass is 10.1. The minimum atomic E-state index is -0.333. The number of aryl methyl sites for hydroxylation is 2. The number of benzene rings is 2. The zero-order valence-corrected chi connectivity index (χ0v) is 19.5. The summed E-state index contributed by atoms with van der Waals surface area (Å²) < 4.78 is 26.1. The second kappa shape index (κ2) is 10.0. The van der Waals surface area contributed by atoms with Gasteiger partial charge in [0.15, 0.2) is 5.78 Å². The van der Waals surface area contributed by atoms with Crippen LogP contribution in [-0.2, 0) is 13.0 Å². The van der Waals surface area contributed by atoms with Gasteiger partial charge in [-0.3, -0.25) is 4.79 Å². The van der Waals surface area contributed by atoms with E-state index in [2.05, 4.69) is 26.9 Å². The predicted octanol–water partition coefficient (Wildman–Crippen LogP) is 5.52. The number of aromatic nitrogens is 3. The molecule has 33 heavy (non-hydrogen) atoms. The molecule has 0 saturated heterocycles. The van der Waals surface area contributed by atoms with Gasteiger partial charge in [-0.15, -0.1) is 10.2 Å². The van der Waals surface area contributed by atoms with E-state index in [0.717, 1.165) is 30.1 Å². The van der Waals surface area contributed by atoms with Crippen LogP contribution in [-0.4, -0.2) is 33.4 Å². The minimum Gasteiger partial charge on any atom is -0.497 e. The van der Waals surface area contributed by atoms with Gasteiger partial charge >= 0.3 is 0 Å². The average Bonchev–Trinajstić information content (AvgIpc) is 3.41. The normalized spacial score (nSPS) is 11.0. The summed E-state index contributed by atoms with van der Waals surface area (Å²) in [5.41, 5.74) is 4.53. The second-order valence-electron chi connectivity index (χ2n) is 7.63. The zero-order valence-electron chi connectivity index (χ0n) is 18.7. The lowest BCUT2D eigenvalue weighted by molar-refractivity contribution is 0.102. The zero-order chi connectivity index (χ0) is 23.4. The van der Waals surface area contributed by atoms with Crippen LogP contribution in [0.3, 0.4) is 0 Å². The third kappa shape index (κ3) is 5.34. The van der Waals surface area contributed by atoms with Crippen LogP contribution in [0.2, 0.25) is 0 Å². The molecule has 2 heterocycles. The predicted molar refractivity (Wildman–Crippen MR) is 125 cm³/mol. The van der Waals surface area contributed by atoms with Crippen molar-refractivity contribution in [3.8, 4) is 17.2 Å². The van der Waals surface area contributed by atoms with Crippen molar-refractivity contribution >= 4 is 17.5 Å². The molecule has 0 bridgehead atoms. The number of ether oxygens (including phenoxy) is 1. The molecule has 4 aromatic rings. The van der Waals surface area contributed by atoms with Gasteiger partial charge in [0, 0.05) is 29.1 Å². The van der Waals surface area contributed by atoms with E-state index in [9.17, 15) is 9.18 Å². The second-order valence-corrected chi connectivity index (χ2v) is 8.55. The van der Waals surface area contributed by atoms with Gasteiger partial charge in [-0.05, 0) is 68.3 Å². The third-order valence-electron chi connectivity index (χ3n) is 5.48. The van der Waals surface area contributed by atoms with Crippen LogP contribution >= 0.6 is 11.8 Å². The third-order valence-corrected chi connectivity index (χ3v) is 6.30. The van der Waals surface area contributed by atoms with Gasteiger partial charge in [-0.2, -0.15) is 0 Å². The number of Topliss-reactive ketones (excluding diaryl/α,β-unsaturated/α-hetero) is 1. The Morgan fingerprint density at radius 1 is 1.09 bits per heavy atom. The molecular formula is C25H24FN3O3S. The summed E-state index contributed by atoms with van der Waals surface area (Å²) in [4.78, 5) is 12.9. The standard InChI is InChI=1S/C25H24FN3O3S/c1-16-14-22(17(2)29(16)13-12-18-4-10-21(31-3)11-5-18)23(30)15-33-25-28-27-24(32-25)19-6-8-20(26)9-7-19/h4-11,14H,12-13,15H2,1-3H3. The molecule has 8 heteroatoms. The molecule has 0 amide bonds. The average molecular weight is 466 g/mol. The molecule has 0 radical (unpaired) electrons. The van der Waals surface area contributed by atoms with Gasteiger partial charge in [0.25, 0.3) is 5.22 Å². The first-order chi connectivity index (χ1) is 15.9. The number of hydrogen-bond acceptors (Lipinski definition) is 6. The number of carbonyl (C=O) groups excluding carboxylic acids is 1. The molecule has 0 atom stereocenters. The fourth-order valence-corrected chi connectivity index (χ4v) is 4.29. The van der Waals surface area contributed by atoms with Crippen LogP contribution in [0.4, 0.5) is 4.39 Å². The van der Waals surface area contributed by atoms with Crippen molar-refractivity contribution in [2.75, 3.05) is 12.9 Å². The number of halogens is 1. The summed E-state index contributed by atoms with van der Waals surface area (Å²) in [7, 11) is 1.65. The first kappa shape index (κ1) is 22.8. The van der Waals surface area contributed by atoms with Crippen molar-refractivity contribution < 1.29 is 18.3 Å². The summed E-state index contributed by atoms with van der Waals surface area (Å²) in [6, 6.07) is 15.8. The summed E-state index contributed by atoms with van der Waals surface area (Å²) in [6.45, 7) is 4.77. The van der Waals surface area contributed by atoms with Crippen molar-refractivity contribution in [3.05, 3.63) is 82.9 Å². The number of nitrogens with zero attached hydrogens (tertiary/aromatic N) is 3. The van der Waals surface area contributed by atoms with E-state index >= 15 is 0 Å². The molecule has 0 saturated carbocycles. The molecule has 0 aliphatic carbocycles. The minimum absolute atomic E-state index is 0.00493. The maximum absolute atomic E-state index is 13.1. The molecule has 0 unspecified atom stereocenters. The lowest BCUT2D eigenvalue weighted by Gasteiger charge is -2.10. The molecule has 0 N–H and O–H groups in total. The highest BCUT2D eigenvalue weighted by Gasteiger charge is 2.18. The van der Waals surface area contributed by atoms with E-state index < -0.39 is 0 Å². The number of hydrogen-bond donors (Lipinski definition) is 0. The van der Waals surface area contributed by atoms with E-state index in [1.807, 2.05) is 32.0 Å². The van der Waals surface area contributed by atoms with Crippen LogP contribution in [0, 0.1) is 19.7 Å². The van der Waals surface area contributed by atoms with Gasteiger partial charge in [-0.25, -0.2) is 4.39 Å². The number of rotatable bonds is 9. The Bertz CT molecular complexity index is 1250. The van der Waals surface area contributed by atoms with Crippen LogP contribution in [0.1, 0.15) is 27.3 Å². The summed E-state index contributed by atoms with van der Waals surface area (Å²) in [5.74, 6) is 0.990. The largest absolute Gasteiger partial charge is 0.497 e. The topological polar surface area (TPSA) is 70.2 Å². The number of methoxy groups -OCH3 is 1. The van der Waals surface area contributed by atoms with Gasteiger partial charge in [-0.1, -0.05) is 23.9 Å². The van der Waals surface area contributed by atoms with Crippen LogP contribution in [0.25, 0.3) is 11.5 Å². The summed E-state index contributed by atoms with van der Waals surface area (Å²) in [6.07, 6.45) is 0.858.